The second kappa shape index (κ2) is 14.8. The molecule has 0 radical (unpaired) electrons. The maximum Gasteiger partial charge on any atom is 0.261 e. The lowest BCUT2D eigenvalue weighted by Crippen LogP contribution is -2.31. The number of aliphatic hydroxyl groups is 1. The molecule has 0 unspecified atom stereocenters. The number of aliphatic hydroxyl groups excluding tert-OH is 1. The summed E-state index contributed by atoms with van der Waals surface area (Å²) in [4.78, 5) is 5.09. The SMILES string of the molecule is O=S(=O)(Nc1ccc([C@H]2O[C@@H](CSc3nc(-c4ccccc4)c(-c4ccccc4)o3)C[C@@H](c3ccc(CO)cc3)O2)cc1)c1ccccc1. The topological polar surface area (TPSA) is 111 Å². The number of thioether (sulfide) groups is 1. The van der Waals surface area contributed by atoms with Gasteiger partial charge in [0.2, 0.25) is 0 Å². The van der Waals surface area contributed by atoms with E-state index in [-0.39, 0.29) is 23.7 Å². The van der Waals surface area contributed by atoms with Crippen LogP contribution in [0.4, 0.5) is 5.69 Å². The lowest BCUT2D eigenvalue weighted by atomic mass is 10.0. The molecule has 2 heterocycles. The summed E-state index contributed by atoms with van der Waals surface area (Å²) in [6, 6.07) is 42.9. The Kier molecular flexibility index (Phi) is 9.92. The molecule has 2 N–H and O–H groups in total. The van der Waals surface area contributed by atoms with E-state index in [1.54, 1.807) is 54.6 Å². The van der Waals surface area contributed by atoms with Crippen molar-refractivity contribution in [1.29, 1.82) is 0 Å². The standard InChI is InChI=1S/C39H34N2O6S2/c42-25-27-16-18-28(19-17-27)35-24-33(26-48-39-40-36(29-10-4-1-5-11-29)37(47-39)30-12-6-2-7-13-30)45-38(46-35)31-20-22-32(23-21-31)41-49(43,44)34-14-8-3-9-15-34/h1-23,33,35,38,41-42H,24-26H2/t33-,35+,38+/m1/s1. The summed E-state index contributed by atoms with van der Waals surface area (Å²) in [6.07, 6.45) is -0.618. The molecule has 1 aliphatic heterocycles. The molecule has 6 aromatic rings. The van der Waals surface area contributed by atoms with E-state index in [9.17, 15) is 13.5 Å². The van der Waals surface area contributed by atoms with Gasteiger partial charge in [0.15, 0.2) is 12.1 Å². The molecule has 1 aromatic heterocycles. The fraction of sp³-hybridized carbons (Fsp3) is 0.154. The third-order valence-corrected chi connectivity index (χ3v) is 10.5. The second-order valence-corrected chi connectivity index (χ2v) is 14.2. The number of aromatic nitrogens is 1. The molecule has 5 aromatic carbocycles. The quantitative estimate of drug-likeness (QED) is 0.130. The fourth-order valence-electron chi connectivity index (χ4n) is 5.65. The van der Waals surface area contributed by atoms with Gasteiger partial charge in [-0.25, -0.2) is 13.4 Å². The van der Waals surface area contributed by atoms with E-state index >= 15 is 0 Å². The van der Waals surface area contributed by atoms with Crippen LogP contribution >= 0.6 is 11.8 Å². The van der Waals surface area contributed by atoms with E-state index in [1.807, 2.05) is 84.9 Å². The lowest BCUT2D eigenvalue weighted by molar-refractivity contribution is -0.245. The Labute approximate surface area is 289 Å². The monoisotopic (exact) mass is 690 g/mol. The van der Waals surface area contributed by atoms with Crippen LogP contribution in [0.5, 0.6) is 0 Å². The minimum atomic E-state index is -3.73. The van der Waals surface area contributed by atoms with E-state index in [2.05, 4.69) is 4.72 Å². The highest BCUT2D eigenvalue weighted by molar-refractivity contribution is 7.99. The zero-order chi connectivity index (χ0) is 33.6. The Hall–Kier alpha value is -4.71. The van der Waals surface area contributed by atoms with Crippen LogP contribution in [0.1, 0.15) is 35.5 Å². The summed E-state index contributed by atoms with van der Waals surface area (Å²) >= 11 is 1.49. The number of benzene rings is 5. The molecule has 1 fully saturated rings. The smallest absolute Gasteiger partial charge is 0.261 e. The highest BCUT2D eigenvalue weighted by atomic mass is 32.2. The van der Waals surface area contributed by atoms with Crippen molar-refractivity contribution in [2.75, 3.05) is 10.5 Å². The fourth-order valence-corrected chi connectivity index (χ4v) is 7.57. The molecule has 0 bridgehead atoms. The number of ether oxygens (including phenoxy) is 2. The van der Waals surface area contributed by atoms with Gasteiger partial charge in [-0.15, -0.1) is 0 Å². The molecular formula is C39H34N2O6S2. The van der Waals surface area contributed by atoms with Gasteiger partial charge in [0.1, 0.15) is 5.69 Å². The maximum absolute atomic E-state index is 12.9. The van der Waals surface area contributed by atoms with Crippen LogP contribution in [-0.2, 0) is 26.1 Å². The first kappa shape index (κ1) is 32.8. The Bertz CT molecular complexity index is 2020. The third-order valence-electron chi connectivity index (χ3n) is 8.19. The number of oxazole rings is 1. The summed E-state index contributed by atoms with van der Waals surface area (Å²) < 4.78 is 47.7. The van der Waals surface area contributed by atoms with Gasteiger partial charge in [-0.3, -0.25) is 4.72 Å². The van der Waals surface area contributed by atoms with Crippen LogP contribution in [-0.4, -0.2) is 30.4 Å². The molecule has 1 aliphatic rings. The molecular weight excluding hydrogens is 657 g/mol. The average molecular weight is 691 g/mol. The number of sulfonamides is 1. The van der Waals surface area contributed by atoms with Crippen molar-refractivity contribution in [3.05, 3.63) is 156 Å². The van der Waals surface area contributed by atoms with Crippen molar-refractivity contribution in [3.8, 4) is 22.6 Å². The minimum absolute atomic E-state index is 0.0384. The largest absolute Gasteiger partial charge is 0.431 e. The zero-order valence-electron chi connectivity index (χ0n) is 26.4. The second-order valence-electron chi connectivity index (χ2n) is 11.6. The molecule has 1 saturated heterocycles. The molecule has 7 rings (SSSR count). The van der Waals surface area contributed by atoms with Crippen molar-refractivity contribution in [3.63, 3.8) is 0 Å². The molecule has 8 nitrogen and oxygen atoms in total. The van der Waals surface area contributed by atoms with Crippen LogP contribution in [0.3, 0.4) is 0 Å². The van der Waals surface area contributed by atoms with Crippen molar-refractivity contribution in [1.82, 2.24) is 4.98 Å². The molecule has 3 atom stereocenters. The van der Waals surface area contributed by atoms with Crippen LogP contribution in [0, 0.1) is 0 Å². The Morgan fingerprint density at radius 3 is 2.00 bits per heavy atom. The summed E-state index contributed by atoms with van der Waals surface area (Å²) in [5.41, 5.74) is 5.68. The van der Waals surface area contributed by atoms with E-state index in [4.69, 9.17) is 18.9 Å². The molecule has 0 saturated carbocycles. The average Bonchev–Trinajstić information content (AvgIpc) is 3.60. The van der Waals surface area contributed by atoms with Gasteiger partial charge in [-0.2, -0.15) is 0 Å². The Morgan fingerprint density at radius 2 is 1.35 bits per heavy atom. The molecule has 248 valence electrons. The van der Waals surface area contributed by atoms with Crippen molar-refractivity contribution >= 4 is 27.5 Å². The predicted molar refractivity (Wildman–Crippen MR) is 190 cm³/mol. The Morgan fingerprint density at radius 1 is 0.735 bits per heavy atom. The number of nitrogens with one attached hydrogen (secondary N) is 1. The van der Waals surface area contributed by atoms with E-state index in [0.717, 1.165) is 33.5 Å². The number of anilines is 1. The number of rotatable bonds is 11. The van der Waals surface area contributed by atoms with Crippen LogP contribution in [0.15, 0.2) is 154 Å². The predicted octanol–water partition coefficient (Wildman–Crippen LogP) is 8.64. The minimum Gasteiger partial charge on any atom is -0.431 e. The molecule has 10 heteroatoms. The molecule has 49 heavy (non-hydrogen) atoms. The van der Waals surface area contributed by atoms with Crippen molar-refractivity contribution in [2.45, 2.75) is 41.6 Å². The van der Waals surface area contributed by atoms with Gasteiger partial charge in [0.05, 0.1) is 23.7 Å². The highest BCUT2D eigenvalue weighted by Crippen LogP contribution is 2.41. The Balaban J connectivity index is 1.12. The summed E-state index contributed by atoms with van der Waals surface area (Å²) in [7, 11) is -3.73. The maximum atomic E-state index is 12.9. The van der Waals surface area contributed by atoms with Crippen LogP contribution in [0.2, 0.25) is 0 Å². The van der Waals surface area contributed by atoms with Crippen molar-refractivity contribution < 1.29 is 27.4 Å². The van der Waals surface area contributed by atoms with Gasteiger partial charge < -0.3 is 19.0 Å². The summed E-state index contributed by atoms with van der Waals surface area (Å²) in [6.45, 7) is -0.0384. The number of hydrogen-bond donors (Lipinski definition) is 2. The first-order valence-corrected chi connectivity index (χ1v) is 18.3. The van der Waals surface area contributed by atoms with Crippen LogP contribution in [0.25, 0.3) is 22.6 Å². The molecule has 0 spiro atoms. The summed E-state index contributed by atoms with van der Waals surface area (Å²) in [5, 5.41) is 10.1. The van der Waals surface area contributed by atoms with E-state index in [1.165, 1.54) is 11.8 Å². The van der Waals surface area contributed by atoms with E-state index in [0.29, 0.717) is 28.8 Å². The van der Waals surface area contributed by atoms with Gasteiger partial charge in [-0.05, 0) is 35.4 Å². The molecule has 0 aliphatic carbocycles. The summed E-state index contributed by atoms with van der Waals surface area (Å²) in [5.74, 6) is 1.27. The highest BCUT2D eigenvalue weighted by Gasteiger charge is 2.33. The van der Waals surface area contributed by atoms with Gasteiger partial charge in [-0.1, -0.05) is 127 Å². The van der Waals surface area contributed by atoms with E-state index < -0.39 is 16.3 Å². The zero-order valence-corrected chi connectivity index (χ0v) is 28.0. The molecule has 0 amide bonds. The van der Waals surface area contributed by atoms with Gasteiger partial charge in [0.25, 0.3) is 15.2 Å². The number of hydrogen-bond acceptors (Lipinski definition) is 8. The van der Waals surface area contributed by atoms with Gasteiger partial charge in [0, 0.05) is 34.6 Å². The first-order valence-electron chi connectivity index (χ1n) is 15.9. The van der Waals surface area contributed by atoms with Crippen molar-refractivity contribution in [2.24, 2.45) is 0 Å². The lowest BCUT2D eigenvalue weighted by Gasteiger charge is -2.36. The van der Waals surface area contributed by atoms with Crippen LogP contribution < -0.4 is 4.72 Å². The normalized spacial score (nSPS) is 17.9. The number of nitrogens with zero attached hydrogens (tertiary/aromatic N) is 1. The van der Waals surface area contributed by atoms with Gasteiger partial charge >= 0.3 is 0 Å². The third kappa shape index (κ3) is 7.80. The first-order chi connectivity index (χ1) is 23.9.